The van der Waals surface area contributed by atoms with Crippen LogP contribution < -0.4 is 5.32 Å². The van der Waals surface area contributed by atoms with Crippen molar-refractivity contribution in [3.8, 4) is 0 Å². The molecule has 148 valence electrons. The van der Waals surface area contributed by atoms with Crippen molar-refractivity contribution in [2.24, 2.45) is 5.92 Å². The van der Waals surface area contributed by atoms with Gasteiger partial charge in [0.05, 0.1) is 0 Å². The summed E-state index contributed by atoms with van der Waals surface area (Å²) < 4.78 is 0. The van der Waals surface area contributed by atoms with E-state index in [2.05, 4.69) is 26.1 Å². The molecular weight excluding hydrogens is 316 g/mol. The number of Topliss-reactive ketones (excluding diaryl/α,β-unsaturated/α-hetero) is 1. The lowest BCUT2D eigenvalue weighted by atomic mass is 10.1. The summed E-state index contributed by atoms with van der Waals surface area (Å²) in [5.74, 6) is 1.07. The van der Waals surface area contributed by atoms with E-state index in [0.29, 0.717) is 18.1 Å². The second-order valence-corrected chi connectivity index (χ2v) is 6.60. The first-order chi connectivity index (χ1) is 11.8. The van der Waals surface area contributed by atoms with Crippen LogP contribution >= 0.6 is 0 Å². The van der Waals surface area contributed by atoms with Crippen LogP contribution in [0, 0.1) is 5.92 Å². The summed E-state index contributed by atoms with van der Waals surface area (Å²) in [6.45, 7) is 12.7. The first-order valence-corrected chi connectivity index (χ1v) is 9.83. The van der Waals surface area contributed by atoms with Gasteiger partial charge in [-0.15, -0.1) is 0 Å². The monoisotopic (exact) mass is 356 g/mol. The Bertz CT molecular complexity index is 381. The van der Waals surface area contributed by atoms with Crippen molar-refractivity contribution in [2.75, 3.05) is 13.6 Å². The lowest BCUT2D eigenvalue weighted by Crippen LogP contribution is -2.44. The van der Waals surface area contributed by atoms with Gasteiger partial charge in [-0.2, -0.15) is 0 Å². The molecule has 0 aromatic carbocycles. The average molecular weight is 357 g/mol. The van der Waals surface area contributed by atoms with Gasteiger partial charge >= 0.3 is 0 Å². The van der Waals surface area contributed by atoms with Gasteiger partial charge in [-0.1, -0.05) is 41.0 Å². The first kappa shape index (κ1) is 25.8. The Hall–Kier alpha value is -1.39. The first-order valence-electron chi connectivity index (χ1n) is 9.83. The molecule has 0 radical (unpaired) electrons. The van der Waals surface area contributed by atoms with Gasteiger partial charge in [0.15, 0.2) is 0 Å². The average Bonchev–Trinajstić information content (AvgIpc) is 3.09. The zero-order valence-corrected chi connectivity index (χ0v) is 17.5. The van der Waals surface area contributed by atoms with Gasteiger partial charge in [0, 0.05) is 26.4 Å². The molecule has 1 fully saturated rings. The van der Waals surface area contributed by atoms with Crippen molar-refractivity contribution in [1.82, 2.24) is 10.2 Å². The number of nitrogens with zero attached hydrogens (tertiary/aromatic N) is 1. The van der Waals surface area contributed by atoms with Crippen LogP contribution in [-0.2, 0) is 14.4 Å². The molecule has 25 heavy (non-hydrogen) atoms. The van der Waals surface area contributed by atoms with Crippen LogP contribution in [0.5, 0.6) is 0 Å². The molecule has 0 spiro atoms. The third-order valence-electron chi connectivity index (χ3n) is 3.94. The third kappa shape index (κ3) is 12.6. The summed E-state index contributed by atoms with van der Waals surface area (Å²) in [6.07, 6.45) is 6.03. The number of carbonyl (C=O) groups excluding carboxylic acids is 3. The zero-order chi connectivity index (χ0) is 19.8. The minimum Gasteiger partial charge on any atom is -0.357 e. The molecular formula is C20H40N2O3. The Balaban J connectivity index is 0. The smallest absolute Gasteiger partial charge is 0.242 e. The second-order valence-electron chi connectivity index (χ2n) is 6.60. The summed E-state index contributed by atoms with van der Waals surface area (Å²) in [5.41, 5.74) is 0. The van der Waals surface area contributed by atoms with E-state index in [0.717, 1.165) is 45.1 Å². The fourth-order valence-corrected chi connectivity index (χ4v) is 2.47. The topological polar surface area (TPSA) is 66.5 Å². The zero-order valence-electron chi connectivity index (χ0n) is 17.5. The number of rotatable bonds is 7. The molecule has 0 aliphatic carbocycles. The van der Waals surface area contributed by atoms with Gasteiger partial charge in [0.1, 0.15) is 11.8 Å². The van der Waals surface area contributed by atoms with E-state index in [-0.39, 0.29) is 17.9 Å². The Labute approximate surface area is 154 Å². The molecule has 0 unspecified atom stereocenters. The van der Waals surface area contributed by atoms with Gasteiger partial charge in [0.2, 0.25) is 11.8 Å². The number of carbonyl (C=O) groups is 3. The molecule has 0 bridgehead atoms. The Morgan fingerprint density at radius 3 is 2.16 bits per heavy atom. The highest BCUT2D eigenvalue weighted by atomic mass is 16.2. The molecule has 0 aromatic rings. The molecule has 0 saturated carbocycles. The number of nitrogens with one attached hydrogen (secondary N) is 1. The molecule has 2 amide bonds. The van der Waals surface area contributed by atoms with Crippen LogP contribution in [0.1, 0.15) is 86.5 Å². The molecule has 1 aliphatic rings. The lowest BCUT2D eigenvalue weighted by molar-refractivity contribution is -0.138. The minimum absolute atomic E-state index is 0.0302. The van der Waals surface area contributed by atoms with Gasteiger partial charge in [-0.25, -0.2) is 0 Å². The predicted molar refractivity (Wildman–Crippen MR) is 104 cm³/mol. The SMILES string of the molecule is CC.CC(=O)CCC(C)C.CCCCC(=O)N1CCC[C@H]1C(=O)NC. The highest BCUT2D eigenvalue weighted by Gasteiger charge is 2.32. The van der Waals surface area contributed by atoms with Crippen molar-refractivity contribution < 1.29 is 14.4 Å². The molecule has 1 rings (SSSR count). The number of amides is 2. The Morgan fingerprint density at radius 1 is 1.16 bits per heavy atom. The van der Waals surface area contributed by atoms with E-state index >= 15 is 0 Å². The fourth-order valence-electron chi connectivity index (χ4n) is 2.47. The largest absolute Gasteiger partial charge is 0.357 e. The number of unbranched alkanes of at least 4 members (excludes halogenated alkanes) is 1. The molecule has 1 saturated heterocycles. The standard InChI is InChI=1S/C11H20N2O2.C7H14O.C2H6/c1-3-4-7-10(14)13-8-5-6-9(13)11(15)12-2;1-6(2)4-5-7(3)8;1-2/h9H,3-8H2,1-2H3,(H,12,15);6H,4-5H2,1-3H3;1-2H3/t9-;;/m0../s1. The highest BCUT2D eigenvalue weighted by molar-refractivity contribution is 5.88. The maximum Gasteiger partial charge on any atom is 0.242 e. The summed E-state index contributed by atoms with van der Waals surface area (Å²) in [5, 5.41) is 2.62. The van der Waals surface area contributed by atoms with Crippen molar-refractivity contribution >= 4 is 17.6 Å². The quantitative estimate of drug-likeness (QED) is 0.751. The van der Waals surface area contributed by atoms with Crippen LogP contribution in [-0.4, -0.2) is 42.1 Å². The predicted octanol–water partition coefficient (Wildman–Crippen LogP) is 3.95. The van der Waals surface area contributed by atoms with Crippen LogP contribution in [0.25, 0.3) is 0 Å². The second kappa shape index (κ2) is 16.1. The van der Waals surface area contributed by atoms with Gasteiger partial charge in [0.25, 0.3) is 0 Å². The lowest BCUT2D eigenvalue weighted by Gasteiger charge is -2.23. The minimum atomic E-state index is -0.223. The van der Waals surface area contributed by atoms with E-state index in [1.165, 1.54) is 0 Å². The van der Waals surface area contributed by atoms with E-state index in [1.54, 1.807) is 18.9 Å². The number of hydrogen-bond donors (Lipinski definition) is 1. The van der Waals surface area contributed by atoms with Crippen LogP contribution in [0.2, 0.25) is 0 Å². The van der Waals surface area contributed by atoms with E-state index in [4.69, 9.17) is 0 Å². The summed E-state index contributed by atoms with van der Waals surface area (Å²) >= 11 is 0. The van der Waals surface area contributed by atoms with Crippen LogP contribution in [0.3, 0.4) is 0 Å². The number of ketones is 1. The third-order valence-corrected chi connectivity index (χ3v) is 3.94. The molecule has 1 atom stereocenters. The molecule has 0 aromatic heterocycles. The molecule has 1 aliphatic heterocycles. The van der Waals surface area contributed by atoms with Crippen molar-refractivity contribution in [1.29, 1.82) is 0 Å². The maximum absolute atomic E-state index is 11.8. The molecule has 1 heterocycles. The molecule has 5 heteroatoms. The maximum atomic E-state index is 11.8. The van der Waals surface area contributed by atoms with Crippen LogP contribution in [0.15, 0.2) is 0 Å². The van der Waals surface area contributed by atoms with E-state index < -0.39 is 0 Å². The van der Waals surface area contributed by atoms with E-state index in [9.17, 15) is 14.4 Å². The van der Waals surface area contributed by atoms with Crippen molar-refractivity contribution in [3.63, 3.8) is 0 Å². The number of hydrogen-bond acceptors (Lipinski definition) is 3. The van der Waals surface area contributed by atoms with Gasteiger partial charge in [-0.3, -0.25) is 9.59 Å². The van der Waals surface area contributed by atoms with Gasteiger partial charge < -0.3 is 15.0 Å². The number of likely N-dealkylation sites (tertiary alicyclic amines) is 1. The summed E-state index contributed by atoms with van der Waals surface area (Å²) in [7, 11) is 1.62. The normalized spacial score (nSPS) is 15.7. The molecule has 5 nitrogen and oxygen atoms in total. The highest BCUT2D eigenvalue weighted by Crippen LogP contribution is 2.19. The summed E-state index contributed by atoms with van der Waals surface area (Å²) in [6, 6.07) is -0.223. The Kier molecular flexibility index (Phi) is 16.6. The molecule has 1 N–H and O–H groups in total. The van der Waals surface area contributed by atoms with E-state index in [1.807, 2.05) is 13.8 Å². The van der Waals surface area contributed by atoms with Crippen molar-refractivity contribution in [3.05, 3.63) is 0 Å². The Morgan fingerprint density at radius 2 is 1.76 bits per heavy atom. The number of likely N-dealkylation sites (N-methyl/N-ethyl adjacent to an activating group) is 1. The van der Waals surface area contributed by atoms with Crippen LogP contribution in [0.4, 0.5) is 0 Å². The fraction of sp³-hybridized carbons (Fsp3) is 0.850. The van der Waals surface area contributed by atoms with Crippen molar-refractivity contribution in [2.45, 2.75) is 92.5 Å². The van der Waals surface area contributed by atoms with Gasteiger partial charge in [-0.05, 0) is 38.5 Å². The summed E-state index contributed by atoms with van der Waals surface area (Å²) in [4.78, 5) is 35.4.